The summed E-state index contributed by atoms with van der Waals surface area (Å²) in [5.41, 5.74) is 0.434. The molecule has 0 aliphatic carbocycles. The van der Waals surface area contributed by atoms with E-state index in [1.807, 2.05) is 41.5 Å². The molecule has 0 aromatic carbocycles. The second-order valence-electron chi connectivity index (χ2n) is 6.50. The molecule has 0 radical (unpaired) electrons. The van der Waals surface area contributed by atoms with Crippen LogP contribution in [0.1, 0.15) is 52.9 Å². The van der Waals surface area contributed by atoms with Crippen molar-refractivity contribution in [2.24, 2.45) is 0 Å². The van der Waals surface area contributed by atoms with Crippen LogP contribution in [0.15, 0.2) is 17.0 Å². The molecule has 0 fully saturated rings. The first-order valence-corrected chi connectivity index (χ1v) is 7.22. The van der Waals surface area contributed by atoms with E-state index in [1.54, 1.807) is 6.07 Å². The van der Waals surface area contributed by atoms with Crippen LogP contribution in [0.3, 0.4) is 0 Å². The predicted octanol–water partition coefficient (Wildman–Crippen LogP) is -0.415. The average Bonchev–Trinajstić information content (AvgIpc) is 2.12. The molecule has 1 aromatic heterocycles. The van der Waals surface area contributed by atoms with E-state index < -0.39 is 15.5 Å². The van der Waals surface area contributed by atoms with Gasteiger partial charge in [-0.1, -0.05) is 41.5 Å². The first-order valence-electron chi connectivity index (χ1n) is 5.81. The van der Waals surface area contributed by atoms with E-state index in [0.29, 0.717) is 5.69 Å². The minimum absolute atomic E-state index is 0. The van der Waals surface area contributed by atoms with Crippen molar-refractivity contribution >= 4 is 10.1 Å². The van der Waals surface area contributed by atoms with Gasteiger partial charge in [-0.15, -0.1) is 0 Å². The molecule has 102 valence electrons. The molecule has 1 rings (SSSR count). The monoisotopic (exact) mass is 293 g/mol. The summed E-state index contributed by atoms with van der Waals surface area (Å²) in [6.45, 7) is 11.5. The second kappa shape index (κ2) is 5.82. The zero-order valence-electron chi connectivity index (χ0n) is 12.7. The van der Waals surface area contributed by atoms with Crippen LogP contribution in [-0.4, -0.2) is 18.0 Å². The van der Waals surface area contributed by atoms with Gasteiger partial charge in [0.25, 0.3) is 0 Å². The van der Waals surface area contributed by atoms with Gasteiger partial charge in [-0.05, 0) is 12.1 Å². The number of aromatic nitrogens is 1. The summed E-state index contributed by atoms with van der Waals surface area (Å²) in [7, 11) is -4.49. The van der Waals surface area contributed by atoms with Gasteiger partial charge < -0.3 is 4.55 Å². The molecule has 19 heavy (non-hydrogen) atoms. The molecular weight excluding hydrogens is 273 g/mol. The molecule has 0 spiro atoms. The largest absolute Gasteiger partial charge is 1.00 e. The number of rotatable bonds is 1. The van der Waals surface area contributed by atoms with Gasteiger partial charge in [-0.3, -0.25) is 4.98 Å². The van der Waals surface area contributed by atoms with Crippen molar-refractivity contribution in [3.63, 3.8) is 0 Å². The molecule has 0 aliphatic rings. The second-order valence-corrected chi connectivity index (χ2v) is 7.85. The normalized spacial score (nSPS) is 13.0. The Morgan fingerprint density at radius 2 is 1.47 bits per heavy atom. The Morgan fingerprint density at radius 3 is 1.79 bits per heavy atom. The molecule has 6 heteroatoms. The molecule has 0 aliphatic heterocycles. The van der Waals surface area contributed by atoms with Crippen molar-refractivity contribution in [3.8, 4) is 0 Å². The van der Waals surface area contributed by atoms with Crippen molar-refractivity contribution < 1.29 is 42.5 Å². The van der Waals surface area contributed by atoms with E-state index in [-0.39, 0.29) is 39.9 Å². The molecule has 0 saturated heterocycles. The van der Waals surface area contributed by atoms with Crippen molar-refractivity contribution in [1.82, 2.24) is 4.98 Å². The third kappa shape index (κ3) is 4.83. The maximum absolute atomic E-state index is 11.3. The van der Waals surface area contributed by atoms with Crippen LogP contribution in [0.25, 0.3) is 0 Å². The fourth-order valence-corrected chi connectivity index (χ4v) is 2.43. The Balaban J connectivity index is 0.00000324. The minimum Gasteiger partial charge on any atom is -0.744 e. The molecule has 0 unspecified atom stereocenters. The minimum atomic E-state index is -4.49. The summed E-state index contributed by atoms with van der Waals surface area (Å²) >= 11 is 0. The van der Waals surface area contributed by atoms with Gasteiger partial charge in [0.05, 0.1) is 10.6 Å². The van der Waals surface area contributed by atoms with Crippen LogP contribution in [0.4, 0.5) is 0 Å². The third-order valence-electron chi connectivity index (χ3n) is 2.61. The summed E-state index contributed by atoms with van der Waals surface area (Å²) in [6, 6.07) is 2.98. The smallest absolute Gasteiger partial charge is 0.744 e. The number of nitrogens with zero attached hydrogens (tertiary/aromatic N) is 1. The first kappa shape index (κ1) is 19.1. The predicted molar refractivity (Wildman–Crippen MR) is 69.6 cm³/mol. The van der Waals surface area contributed by atoms with Crippen LogP contribution in [0, 0.1) is 0 Å². The molecule has 0 saturated carbocycles. The van der Waals surface area contributed by atoms with Crippen molar-refractivity contribution in [2.45, 2.75) is 57.3 Å². The van der Waals surface area contributed by atoms with E-state index in [2.05, 4.69) is 4.98 Å². The third-order valence-corrected chi connectivity index (χ3v) is 3.47. The quantitative estimate of drug-likeness (QED) is 0.521. The molecule has 0 amide bonds. The Bertz CT molecular complexity index is 554. The van der Waals surface area contributed by atoms with Crippen LogP contribution in [0.2, 0.25) is 0 Å². The average molecular weight is 293 g/mol. The Morgan fingerprint density at radius 1 is 1.00 bits per heavy atom. The maximum atomic E-state index is 11.3. The van der Waals surface area contributed by atoms with E-state index in [9.17, 15) is 13.0 Å². The number of hydrogen-bond donors (Lipinski definition) is 0. The van der Waals surface area contributed by atoms with Gasteiger partial charge in [0.2, 0.25) is 0 Å². The number of hydrogen-bond acceptors (Lipinski definition) is 4. The van der Waals surface area contributed by atoms with E-state index in [0.717, 1.165) is 5.69 Å². The number of pyridine rings is 1. The van der Waals surface area contributed by atoms with E-state index >= 15 is 0 Å². The molecule has 1 heterocycles. The first-order chi connectivity index (χ1) is 7.83. The topological polar surface area (TPSA) is 70.1 Å². The summed E-state index contributed by atoms with van der Waals surface area (Å²) in [5, 5.41) is 0. The molecular formula is C13H20NNaO3S. The van der Waals surface area contributed by atoms with Crippen molar-refractivity contribution in [3.05, 3.63) is 23.5 Å². The Hall–Kier alpha value is 0.0600. The van der Waals surface area contributed by atoms with Crippen LogP contribution in [-0.2, 0) is 20.9 Å². The fraction of sp³-hybridized carbons (Fsp3) is 0.615. The summed E-state index contributed by atoms with van der Waals surface area (Å²) in [6.07, 6.45) is 0. The molecule has 4 nitrogen and oxygen atoms in total. The van der Waals surface area contributed by atoms with Gasteiger partial charge in [0.1, 0.15) is 10.1 Å². The molecule has 0 N–H and O–H groups in total. The SMILES string of the molecule is CC(C)(C)c1ccc(S(=O)(=O)[O-])c(C(C)(C)C)n1.[Na+]. The summed E-state index contributed by atoms with van der Waals surface area (Å²) in [4.78, 5) is 4.18. The van der Waals surface area contributed by atoms with Gasteiger partial charge in [0, 0.05) is 16.5 Å². The Kier molecular flexibility index (Phi) is 5.84. The molecule has 1 aromatic rings. The van der Waals surface area contributed by atoms with Crippen LogP contribution >= 0.6 is 0 Å². The zero-order valence-corrected chi connectivity index (χ0v) is 15.6. The fourth-order valence-electron chi connectivity index (χ4n) is 1.60. The standard InChI is InChI=1S/C13H21NO3S.Na/c1-12(2,3)10-8-7-9(18(15,16)17)11(14-10)13(4,5)6;/h7-8H,1-6H3,(H,15,16,17);/q;+1/p-1. The zero-order chi connectivity index (χ0) is 14.4. The van der Waals surface area contributed by atoms with E-state index in [4.69, 9.17) is 0 Å². The summed E-state index contributed by atoms with van der Waals surface area (Å²) in [5.74, 6) is 0. The summed E-state index contributed by atoms with van der Waals surface area (Å²) < 4.78 is 33.8. The maximum Gasteiger partial charge on any atom is 1.00 e. The molecule has 0 atom stereocenters. The Labute approximate surface area is 138 Å². The van der Waals surface area contributed by atoms with Gasteiger partial charge >= 0.3 is 29.6 Å². The van der Waals surface area contributed by atoms with E-state index in [1.165, 1.54) is 6.07 Å². The van der Waals surface area contributed by atoms with Gasteiger partial charge in [-0.25, -0.2) is 8.42 Å². The molecule has 0 bridgehead atoms. The van der Waals surface area contributed by atoms with Crippen molar-refractivity contribution in [2.75, 3.05) is 0 Å². The van der Waals surface area contributed by atoms with Crippen molar-refractivity contribution in [1.29, 1.82) is 0 Å². The van der Waals surface area contributed by atoms with Crippen LogP contribution < -0.4 is 29.6 Å². The van der Waals surface area contributed by atoms with Gasteiger partial charge in [-0.2, -0.15) is 0 Å². The van der Waals surface area contributed by atoms with Gasteiger partial charge in [0.15, 0.2) is 0 Å². The van der Waals surface area contributed by atoms with Crippen LogP contribution in [0.5, 0.6) is 0 Å².